The summed E-state index contributed by atoms with van der Waals surface area (Å²) in [5, 5.41) is 0. The van der Waals surface area contributed by atoms with E-state index in [2.05, 4.69) is 9.47 Å². The lowest BCUT2D eigenvalue weighted by molar-refractivity contribution is -0.00314. The summed E-state index contributed by atoms with van der Waals surface area (Å²) in [5.41, 5.74) is -0.777. The Hall–Kier alpha value is -1.46. The van der Waals surface area contributed by atoms with E-state index < -0.39 is 24.0 Å². The van der Waals surface area contributed by atoms with Gasteiger partial charge in [-0.05, 0) is 6.92 Å². The number of carbonyl (C=O) groups excluding carboxylic acids is 2. The van der Waals surface area contributed by atoms with Crippen molar-refractivity contribution in [2.24, 2.45) is 0 Å². The molecule has 1 fully saturated rings. The second-order valence-corrected chi connectivity index (χ2v) is 3.13. The maximum atomic E-state index is 10.8. The summed E-state index contributed by atoms with van der Waals surface area (Å²) >= 11 is 0. The molecule has 0 spiro atoms. The molecule has 80 valence electrons. The smallest absolute Gasteiger partial charge is 0.438 e. The molecule has 0 saturated heterocycles. The third-order valence-corrected chi connectivity index (χ3v) is 2.00. The average Bonchev–Trinajstić information content (AvgIpc) is 2.75. The fraction of sp³-hybridized carbons (Fsp3) is 0.750. The summed E-state index contributed by atoms with van der Waals surface area (Å²) < 4.78 is 18.2. The Labute approximate surface area is 81.1 Å². The van der Waals surface area contributed by atoms with Crippen LogP contribution in [0.5, 0.6) is 0 Å². The van der Waals surface area contributed by atoms with Crippen molar-refractivity contribution in [2.45, 2.75) is 25.0 Å². The van der Waals surface area contributed by atoms with Crippen molar-refractivity contribution in [1.29, 1.82) is 0 Å². The van der Waals surface area contributed by atoms with Crippen LogP contribution in [-0.2, 0) is 18.9 Å². The molecule has 2 atom stereocenters. The molecule has 6 nitrogen and oxygen atoms in total. The van der Waals surface area contributed by atoms with E-state index in [1.54, 1.807) is 6.92 Å². The molecule has 0 aromatic rings. The van der Waals surface area contributed by atoms with Gasteiger partial charge in [-0.25, -0.2) is 9.59 Å². The SMILES string of the molecule is COC(=O)O[C@@H]1C[C@@]1(C)OC(=O)OC. The number of hydrogen-bond donors (Lipinski definition) is 0. The minimum absolute atomic E-state index is 0.450. The van der Waals surface area contributed by atoms with Crippen molar-refractivity contribution >= 4 is 12.3 Å². The van der Waals surface area contributed by atoms with Crippen molar-refractivity contribution < 1.29 is 28.5 Å². The highest BCUT2D eigenvalue weighted by molar-refractivity contribution is 5.62. The largest absolute Gasteiger partial charge is 0.508 e. The van der Waals surface area contributed by atoms with Crippen LogP contribution >= 0.6 is 0 Å². The van der Waals surface area contributed by atoms with Crippen molar-refractivity contribution in [3.63, 3.8) is 0 Å². The van der Waals surface area contributed by atoms with Gasteiger partial charge in [0.25, 0.3) is 0 Å². The third kappa shape index (κ3) is 2.27. The molecule has 0 amide bonds. The minimum atomic E-state index is -0.788. The van der Waals surface area contributed by atoms with Gasteiger partial charge >= 0.3 is 12.3 Å². The quantitative estimate of drug-likeness (QED) is 0.627. The van der Waals surface area contributed by atoms with Gasteiger partial charge in [0, 0.05) is 6.42 Å². The Morgan fingerprint density at radius 1 is 1.21 bits per heavy atom. The fourth-order valence-corrected chi connectivity index (χ4v) is 0.979. The number of rotatable bonds is 2. The molecule has 1 aliphatic rings. The van der Waals surface area contributed by atoms with Gasteiger partial charge in [0.15, 0.2) is 5.60 Å². The van der Waals surface area contributed by atoms with Crippen LogP contribution in [0.15, 0.2) is 0 Å². The van der Waals surface area contributed by atoms with Gasteiger partial charge in [-0.1, -0.05) is 0 Å². The van der Waals surface area contributed by atoms with Crippen molar-refractivity contribution in [1.82, 2.24) is 0 Å². The lowest BCUT2D eigenvalue weighted by Crippen LogP contribution is -2.22. The van der Waals surface area contributed by atoms with Gasteiger partial charge in [-0.3, -0.25) is 0 Å². The number of ether oxygens (including phenoxy) is 4. The predicted octanol–water partition coefficient (Wildman–Crippen LogP) is 1.08. The van der Waals surface area contributed by atoms with E-state index in [1.807, 2.05) is 0 Å². The Balaban J connectivity index is 2.35. The summed E-state index contributed by atoms with van der Waals surface area (Å²) in [5.74, 6) is 0. The molecule has 6 heteroatoms. The first-order chi connectivity index (χ1) is 6.51. The summed E-state index contributed by atoms with van der Waals surface area (Å²) in [6.45, 7) is 1.65. The second kappa shape index (κ2) is 3.73. The van der Waals surface area contributed by atoms with E-state index >= 15 is 0 Å². The van der Waals surface area contributed by atoms with Crippen LogP contribution in [-0.4, -0.2) is 38.2 Å². The van der Waals surface area contributed by atoms with Crippen LogP contribution in [0.3, 0.4) is 0 Å². The van der Waals surface area contributed by atoms with Gasteiger partial charge in [-0.2, -0.15) is 0 Å². The van der Waals surface area contributed by atoms with Crippen LogP contribution < -0.4 is 0 Å². The van der Waals surface area contributed by atoms with E-state index in [0.717, 1.165) is 0 Å². The molecular weight excluding hydrogens is 192 g/mol. The molecule has 0 aromatic carbocycles. The number of hydrogen-bond acceptors (Lipinski definition) is 6. The highest BCUT2D eigenvalue weighted by atomic mass is 16.8. The van der Waals surface area contributed by atoms with Crippen LogP contribution in [0.25, 0.3) is 0 Å². The van der Waals surface area contributed by atoms with Gasteiger partial charge in [0.2, 0.25) is 0 Å². The molecule has 1 rings (SSSR count). The molecule has 0 N–H and O–H groups in total. The molecule has 1 aliphatic carbocycles. The Kier molecular flexibility index (Phi) is 2.83. The van der Waals surface area contributed by atoms with Crippen molar-refractivity contribution in [3.8, 4) is 0 Å². The summed E-state index contributed by atoms with van der Waals surface area (Å²) in [4.78, 5) is 21.4. The van der Waals surface area contributed by atoms with Gasteiger partial charge in [0.05, 0.1) is 14.2 Å². The van der Waals surface area contributed by atoms with Crippen LogP contribution in [0.4, 0.5) is 9.59 Å². The molecule has 0 unspecified atom stereocenters. The minimum Gasteiger partial charge on any atom is -0.438 e. The number of carbonyl (C=O) groups is 2. The average molecular weight is 204 g/mol. The Morgan fingerprint density at radius 3 is 2.29 bits per heavy atom. The normalized spacial score (nSPS) is 28.9. The molecule has 0 bridgehead atoms. The van der Waals surface area contributed by atoms with Crippen molar-refractivity contribution in [2.75, 3.05) is 14.2 Å². The Morgan fingerprint density at radius 2 is 1.79 bits per heavy atom. The first-order valence-corrected chi connectivity index (χ1v) is 4.03. The first-order valence-electron chi connectivity index (χ1n) is 4.03. The van der Waals surface area contributed by atoms with E-state index in [4.69, 9.17) is 9.47 Å². The van der Waals surface area contributed by atoms with Gasteiger partial charge in [0.1, 0.15) is 6.10 Å². The highest BCUT2D eigenvalue weighted by Crippen LogP contribution is 2.42. The van der Waals surface area contributed by atoms with Crippen LogP contribution in [0.2, 0.25) is 0 Å². The summed E-state index contributed by atoms with van der Waals surface area (Å²) in [6.07, 6.45) is -1.57. The third-order valence-electron chi connectivity index (χ3n) is 2.00. The standard InChI is InChI=1S/C8H12O6/c1-8(14-7(10)12-3)4-5(8)13-6(9)11-2/h5H,4H2,1-3H3/t5-,8-/m1/s1. The van der Waals surface area contributed by atoms with E-state index in [0.29, 0.717) is 6.42 Å². The maximum Gasteiger partial charge on any atom is 0.508 e. The van der Waals surface area contributed by atoms with E-state index in [1.165, 1.54) is 14.2 Å². The zero-order valence-corrected chi connectivity index (χ0v) is 8.23. The van der Waals surface area contributed by atoms with Crippen LogP contribution in [0.1, 0.15) is 13.3 Å². The van der Waals surface area contributed by atoms with E-state index in [-0.39, 0.29) is 0 Å². The summed E-state index contributed by atoms with van der Waals surface area (Å²) in [6, 6.07) is 0. The monoisotopic (exact) mass is 204 g/mol. The zero-order valence-electron chi connectivity index (χ0n) is 8.23. The van der Waals surface area contributed by atoms with Crippen LogP contribution in [0, 0.1) is 0 Å². The zero-order chi connectivity index (χ0) is 10.8. The van der Waals surface area contributed by atoms with Gasteiger partial charge in [-0.15, -0.1) is 0 Å². The molecule has 0 aromatic heterocycles. The van der Waals surface area contributed by atoms with E-state index in [9.17, 15) is 9.59 Å². The van der Waals surface area contributed by atoms with Gasteiger partial charge < -0.3 is 18.9 Å². The predicted molar refractivity (Wildman–Crippen MR) is 43.8 cm³/mol. The highest BCUT2D eigenvalue weighted by Gasteiger charge is 2.58. The lowest BCUT2D eigenvalue weighted by atomic mass is 10.4. The molecule has 14 heavy (non-hydrogen) atoms. The lowest BCUT2D eigenvalue weighted by Gasteiger charge is -2.11. The Bertz CT molecular complexity index is 250. The molecule has 0 aliphatic heterocycles. The molecule has 0 heterocycles. The second-order valence-electron chi connectivity index (χ2n) is 3.13. The fourth-order valence-electron chi connectivity index (χ4n) is 0.979. The molecular formula is C8H12O6. The molecule has 0 radical (unpaired) electrons. The first kappa shape index (κ1) is 10.6. The molecule has 1 saturated carbocycles. The summed E-state index contributed by atoms with van der Waals surface area (Å²) in [7, 11) is 2.42. The number of methoxy groups -OCH3 is 2. The topological polar surface area (TPSA) is 71.1 Å². The maximum absolute atomic E-state index is 10.8. The van der Waals surface area contributed by atoms with Crippen molar-refractivity contribution in [3.05, 3.63) is 0 Å².